The smallest absolute Gasteiger partial charge is 0.238 e. The fourth-order valence-corrected chi connectivity index (χ4v) is 2.29. The van der Waals surface area contributed by atoms with E-state index in [-0.39, 0.29) is 6.04 Å². The molecule has 1 aromatic heterocycles. The number of anilines is 1. The molecule has 0 amide bonds. The summed E-state index contributed by atoms with van der Waals surface area (Å²) in [4.78, 5) is 0. The summed E-state index contributed by atoms with van der Waals surface area (Å²) in [5.74, 6) is 0.0670. The molecule has 0 bridgehead atoms. The Kier molecular flexibility index (Phi) is 4.06. The molecule has 0 aliphatic heterocycles. The molecule has 0 aliphatic rings. The van der Waals surface area contributed by atoms with Crippen molar-refractivity contribution in [3.05, 3.63) is 65.9 Å². The maximum atomic E-state index is 14.3. The number of hydrogen-bond acceptors (Lipinski definition) is 4. The van der Waals surface area contributed by atoms with Crippen LogP contribution in [0.15, 0.2) is 46.9 Å². The molecule has 4 nitrogen and oxygen atoms in total. The minimum absolute atomic E-state index is 0.254. The Morgan fingerprint density at radius 1 is 1.09 bits per heavy atom. The number of nitrogens with zero attached hydrogens (tertiary/aromatic N) is 2. The van der Waals surface area contributed by atoms with Gasteiger partial charge in [-0.15, -0.1) is 10.2 Å². The normalized spacial score (nSPS) is 12.2. The number of benzene rings is 2. The summed E-state index contributed by atoms with van der Waals surface area (Å²) in [6, 6.07) is 10.3. The zero-order chi connectivity index (χ0) is 16.4. The molecule has 0 radical (unpaired) electrons. The third-order valence-electron chi connectivity index (χ3n) is 3.40. The van der Waals surface area contributed by atoms with Gasteiger partial charge in [0.05, 0.1) is 0 Å². The van der Waals surface area contributed by atoms with Gasteiger partial charge in [-0.25, -0.2) is 8.78 Å². The average molecular weight is 315 g/mol. The van der Waals surface area contributed by atoms with Crippen LogP contribution >= 0.6 is 0 Å². The molecule has 0 aliphatic carbocycles. The van der Waals surface area contributed by atoms with E-state index in [2.05, 4.69) is 15.5 Å². The van der Waals surface area contributed by atoms with Gasteiger partial charge in [0.1, 0.15) is 17.7 Å². The van der Waals surface area contributed by atoms with Crippen LogP contribution in [0.3, 0.4) is 0 Å². The van der Waals surface area contributed by atoms with Crippen LogP contribution in [0.1, 0.15) is 24.7 Å². The van der Waals surface area contributed by atoms with Gasteiger partial charge >= 0.3 is 0 Å². The van der Waals surface area contributed by atoms with E-state index in [1.165, 1.54) is 18.2 Å². The third-order valence-corrected chi connectivity index (χ3v) is 3.40. The van der Waals surface area contributed by atoms with Crippen molar-refractivity contribution in [2.75, 3.05) is 5.32 Å². The van der Waals surface area contributed by atoms with Crippen LogP contribution in [0.4, 0.5) is 14.5 Å². The highest BCUT2D eigenvalue weighted by atomic mass is 19.1. The fraction of sp³-hybridized carbons (Fsp3) is 0.176. The van der Waals surface area contributed by atoms with Gasteiger partial charge in [-0.3, -0.25) is 0 Å². The first kappa shape index (κ1) is 15.1. The Morgan fingerprint density at radius 3 is 2.57 bits per heavy atom. The van der Waals surface area contributed by atoms with E-state index in [0.29, 0.717) is 28.6 Å². The van der Waals surface area contributed by atoms with Crippen LogP contribution in [0, 0.1) is 18.6 Å². The molecule has 0 unspecified atom stereocenters. The van der Waals surface area contributed by atoms with Crippen LogP contribution in [-0.4, -0.2) is 10.2 Å². The molecule has 1 atom stereocenters. The largest absolute Gasteiger partial charge is 0.423 e. The van der Waals surface area contributed by atoms with E-state index >= 15 is 0 Å². The number of aryl methyl sites for hydroxylation is 1. The van der Waals surface area contributed by atoms with E-state index in [4.69, 9.17) is 4.42 Å². The molecule has 1 heterocycles. The summed E-state index contributed by atoms with van der Waals surface area (Å²) in [6.45, 7) is 3.54. The Balaban J connectivity index is 1.82. The van der Waals surface area contributed by atoms with Crippen molar-refractivity contribution in [3.8, 4) is 11.1 Å². The van der Waals surface area contributed by atoms with Crippen LogP contribution in [0.2, 0.25) is 0 Å². The summed E-state index contributed by atoms with van der Waals surface area (Å²) < 4.78 is 32.9. The number of hydrogen-bond donors (Lipinski definition) is 1. The van der Waals surface area contributed by atoms with Crippen LogP contribution < -0.4 is 5.32 Å². The zero-order valence-electron chi connectivity index (χ0n) is 12.7. The molecule has 1 N–H and O–H groups in total. The van der Waals surface area contributed by atoms with Gasteiger partial charge in [0, 0.05) is 18.2 Å². The van der Waals surface area contributed by atoms with E-state index in [9.17, 15) is 8.78 Å². The molecule has 118 valence electrons. The Hall–Kier alpha value is -2.76. The van der Waals surface area contributed by atoms with Gasteiger partial charge in [0.15, 0.2) is 0 Å². The second-order valence-electron chi connectivity index (χ2n) is 5.23. The standard InChI is InChI=1S/C17H15F2N3O/c1-10(17-22-21-11(2)23-17)20-14-6-7-15(16(19)9-14)12-4-3-5-13(18)8-12/h3-10,20H,1-2H3/t10-/m1/s1. The molecular weight excluding hydrogens is 300 g/mol. The summed E-state index contributed by atoms with van der Waals surface area (Å²) >= 11 is 0. The Bertz CT molecular complexity index is 832. The SMILES string of the molecule is Cc1nnc([C@@H](C)Nc2ccc(-c3cccc(F)c3)c(F)c2)o1. The predicted octanol–water partition coefficient (Wildman–Crippen LogP) is 4.50. The zero-order valence-corrected chi connectivity index (χ0v) is 12.7. The van der Waals surface area contributed by atoms with Gasteiger partial charge < -0.3 is 9.73 Å². The molecule has 3 rings (SSSR count). The monoisotopic (exact) mass is 315 g/mol. The molecule has 3 aromatic rings. The highest BCUT2D eigenvalue weighted by Crippen LogP contribution is 2.27. The molecule has 0 spiro atoms. The molecular formula is C17H15F2N3O. The highest BCUT2D eigenvalue weighted by molar-refractivity contribution is 5.67. The van der Waals surface area contributed by atoms with E-state index in [0.717, 1.165) is 0 Å². The van der Waals surface area contributed by atoms with Crippen molar-refractivity contribution in [2.24, 2.45) is 0 Å². The number of rotatable bonds is 4. The van der Waals surface area contributed by atoms with Crippen molar-refractivity contribution < 1.29 is 13.2 Å². The number of halogens is 2. The van der Waals surface area contributed by atoms with E-state index in [1.807, 2.05) is 6.92 Å². The van der Waals surface area contributed by atoms with Crippen LogP contribution in [0.25, 0.3) is 11.1 Å². The maximum Gasteiger partial charge on any atom is 0.238 e. The molecule has 0 saturated heterocycles. The molecule has 0 fully saturated rings. The lowest BCUT2D eigenvalue weighted by molar-refractivity contribution is 0.451. The van der Waals surface area contributed by atoms with Crippen molar-refractivity contribution in [2.45, 2.75) is 19.9 Å². The molecule has 6 heteroatoms. The summed E-state index contributed by atoms with van der Waals surface area (Å²) in [5.41, 5.74) is 1.41. The van der Waals surface area contributed by atoms with Crippen molar-refractivity contribution >= 4 is 5.69 Å². The second-order valence-corrected chi connectivity index (χ2v) is 5.23. The van der Waals surface area contributed by atoms with Gasteiger partial charge in [-0.1, -0.05) is 12.1 Å². The molecule has 23 heavy (non-hydrogen) atoms. The van der Waals surface area contributed by atoms with Crippen molar-refractivity contribution in [1.29, 1.82) is 0 Å². The predicted molar refractivity (Wildman–Crippen MR) is 82.9 cm³/mol. The fourth-order valence-electron chi connectivity index (χ4n) is 2.29. The highest BCUT2D eigenvalue weighted by Gasteiger charge is 2.13. The number of aromatic nitrogens is 2. The first-order chi connectivity index (χ1) is 11.0. The van der Waals surface area contributed by atoms with Crippen molar-refractivity contribution in [1.82, 2.24) is 10.2 Å². The van der Waals surface area contributed by atoms with Crippen LogP contribution in [-0.2, 0) is 0 Å². The maximum absolute atomic E-state index is 14.3. The van der Waals surface area contributed by atoms with Crippen molar-refractivity contribution in [3.63, 3.8) is 0 Å². The topological polar surface area (TPSA) is 51.0 Å². The number of nitrogens with one attached hydrogen (secondary N) is 1. The second kappa shape index (κ2) is 6.16. The first-order valence-electron chi connectivity index (χ1n) is 7.15. The lowest BCUT2D eigenvalue weighted by atomic mass is 10.0. The first-order valence-corrected chi connectivity index (χ1v) is 7.15. The minimum Gasteiger partial charge on any atom is -0.423 e. The third kappa shape index (κ3) is 3.36. The molecule has 2 aromatic carbocycles. The van der Waals surface area contributed by atoms with Gasteiger partial charge in [0.25, 0.3) is 0 Å². The summed E-state index contributed by atoms with van der Waals surface area (Å²) in [7, 11) is 0. The Morgan fingerprint density at radius 2 is 1.91 bits per heavy atom. The van der Waals surface area contributed by atoms with Gasteiger partial charge in [-0.2, -0.15) is 0 Å². The van der Waals surface area contributed by atoms with E-state index in [1.54, 1.807) is 31.2 Å². The minimum atomic E-state index is -0.436. The lowest BCUT2D eigenvalue weighted by Crippen LogP contribution is -2.07. The summed E-state index contributed by atoms with van der Waals surface area (Å²) in [5, 5.41) is 10.8. The van der Waals surface area contributed by atoms with E-state index < -0.39 is 11.6 Å². The average Bonchev–Trinajstić information content (AvgIpc) is 2.94. The Labute approximate surface area is 132 Å². The summed E-state index contributed by atoms with van der Waals surface area (Å²) in [6.07, 6.45) is 0. The lowest BCUT2D eigenvalue weighted by Gasteiger charge is -2.13. The quantitative estimate of drug-likeness (QED) is 0.770. The van der Waals surface area contributed by atoms with Gasteiger partial charge in [-0.05, 0) is 42.8 Å². The van der Waals surface area contributed by atoms with Crippen LogP contribution in [0.5, 0.6) is 0 Å². The van der Waals surface area contributed by atoms with Gasteiger partial charge in [0.2, 0.25) is 11.8 Å². The molecule has 0 saturated carbocycles.